The maximum absolute atomic E-state index is 13.5. The molecule has 6 atom stereocenters. The number of ether oxygens (including phenoxy) is 2. The van der Waals surface area contributed by atoms with Crippen molar-refractivity contribution in [1.82, 2.24) is 0 Å². The van der Waals surface area contributed by atoms with Gasteiger partial charge in [-0.2, -0.15) is 0 Å². The second kappa shape index (κ2) is 23.5. The number of rotatable bonds is 26. The van der Waals surface area contributed by atoms with Crippen LogP contribution >= 0.6 is 103 Å². The molecule has 0 fully saturated rings. The first kappa shape index (κ1) is 46.1. The SMILES string of the molecule is C=C(C)C(=O)OCC(Br)COP(=O)(OCC(C)Cl)OCC(CBr)(CBr)COP(=O)(OCC(C)Cl)OCC(Br)COC(=O)C(=C)C. The Morgan fingerprint density at radius 3 is 1.24 bits per heavy atom. The number of hydrogen-bond acceptors (Lipinski definition) is 12. The molecular weight excluding hydrogens is 945 g/mol. The molecule has 0 amide bonds. The maximum Gasteiger partial charge on any atom is 0.474 e. The highest BCUT2D eigenvalue weighted by atomic mass is 79.9. The molecule has 0 aliphatic heterocycles. The Kier molecular flexibility index (Phi) is 24.1. The van der Waals surface area contributed by atoms with Crippen LogP contribution in [-0.2, 0) is 55.3 Å². The van der Waals surface area contributed by atoms with E-state index < -0.39 is 53.4 Å². The molecule has 0 heterocycles. The zero-order valence-corrected chi connectivity index (χ0v) is 35.0. The highest BCUT2D eigenvalue weighted by Crippen LogP contribution is 2.54. The number of carbonyl (C=O) groups excluding carboxylic acids is 2. The molecule has 0 saturated carbocycles. The summed E-state index contributed by atoms with van der Waals surface area (Å²) in [4.78, 5) is 22.2. The van der Waals surface area contributed by atoms with Crippen molar-refractivity contribution < 1.29 is 55.3 Å². The minimum Gasteiger partial charge on any atom is -0.461 e. The number of esters is 2. The van der Waals surface area contributed by atoms with Crippen LogP contribution in [0.3, 0.4) is 0 Å². The molecule has 45 heavy (non-hydrogen) atoms. The molecule has 0 aliphatic rings. The molecule has 0 aromatic rings. The highest BCUT2D eigenvalue weighted by Gasteiger charge is 2.39. The van der Waals surface area contributed by atoms with E-state index in [2.05, 4.69) is 76.9 Å². The Balaban J connectivity index is 5.59. The molecule has 264 valence electrons. The Morgan fingerprint density at radius 1 is 0.667 bits per heavy atom. The van der Waals surface area contributed by atoms with Crippen LogP contribution in [-0.4, -0.2) is 95.9 Å². The average molecular weight is 985 g/mol. The van der Waals surface area contributed by atoms with Gasteiger partial charge in [-0.05, 0) is 27.7 Å². The molecule has 0 radical (unpaired) electrons. The fraction of sp³-hybridized carbons (Fsp3) is 0.760. The topological polar surface area (TPSA) is 142 Å². The molecular formula is C25H40Br4Cl2O12P2. The normalized spacial score (nSPS) is 17.3. The van der Waals surface area contributed by atoms with E-state index in [4.69, 9.17) is 59.8 Å². The summed E-state index contributed by atoms with van der Waals surface area (Å²) in [5.74, 6) is -1.18. The number of carbonyl (C=O) groups is 2. The molecule has 6 unspecified atom stereocenters. The Hall–Kier alpha value is 1.14. The average Bonchev–Trinajstić information content (AvgIpc) is 2.98. The van der Waals surface area contributed by atoms with Crippen LogP contribution in [0.1, 0.15) is 27.7 Å². The van der Waals surface area contributed by atoms with Gasteiger partial charge < -0.3 is 9.47 Å². The third-order valence-electron chi connectivity index (χ3n) is 4.86. The van der Waals surface area contributed by atoms with Gasteiger partial charge >= 0.3 is 27.6 Å². The Labute approximate surface area is 309 Å². The summed E-state index contributed by atoms with van der Waals surface area (Å²) < 4.78 is 70.5. The molecule has 0 aromatic heterocycles. The first-order valence-electron chi connectivity index (χ1n) is 13.2. The summed E-state index contributed by atoms with van der Waals surface area (Å²) in [6, 6.07) is 0. The largest absolute Gasteiger partial charge is 0.474 e. The van der Waals surface area contributed by atoms with Crippen LogP contribution in [0.5, 0.6) is 0 Å². The van der Waals surface area contributed by atoms with Crippen molar-refractivity contribution in [3.63, 3.8) is 0 Å². The molecule has 20 heteroatoms. The van der Waals surface area contributed by atoms with E-state index >= 15 is 0 Å². The van der Waals surface area contributed by atoms with Crippen molar-refractivity contribution in [2.75, 3.05) is 63.5 Å². The van der Waals surface area contributed by atoms with E-state index in [0.717, 1.165) is 0 Å². The van der Waals surface area contributed by atoms with Crippen LogP contribution in [0.25, 0.3) is 0 Å². The molecule has 0 rings (SSSR count). The first-order chi connectivity index (χ1) is 20.8. The highest BCUT2D eigenvalue weighted by molar-refractivity contribution is 9.10. The number of alkyl halides is 6. The molecule has 0 saturated heterocycles. The van der Waals surface area contributed by atoms with Gasteiger partial charge in [0.05, 0.1) is 60.0 Å². The summed E-state index contributed by atoms with van der Waals surface area (Å²) in [6.07, 6.45) is 0. The predicted octanol–water partition coefficient (Wildman–Crippen LogP) is 8.10. The molecule has 0 spiro atoms. The number of hydrogen-bond donors (Lipinski definition) is 0. The predicted molar refractivity (Wildman–Crippen MR) is 189 cm³/mol. The van der Waals surface area contributed by atoms with Crippen molar-refractivity contribution in [2.45, 2.75) is 48.1 Å². The van der Waals surface area contributed by atoms with E-state index in [0.29, 0.717) is 0 Å². The minimum absolute atomic E-state index is 0.0973. The van der Waals surface area contributed by atoms with Gasteiger partial charge in [0.1, 0.15) is 13.2 Å². The van der Waals surface area contributed by atoms with Gasteiger partial charge in [-0.1, -0.05) is 76.9 Å². The molecule has 0 aliphatic carbocycles. The number of phosphoric acid groups is 2. The van der Waals surface area contributed by atoms with E-state index in [1.54, 1.807) is 13.8 Å². The van der Waals surface area contributed by atoms with Gasteiger partial charge in [0.2, 0.25) is 0 Å². The fourth-order valence-electron chi connectivity index (χ4n) is 2.29. The van der Waals surface area contributed by atoms with Crippen molar-refractivity contribution in [1.29, 1.82) is 0 Å². The zero-order chi connectivity index (χ0) is 34.8. The molecule has 0 N–H and O–H groups in total. The van der Waals surface area contributed by atoms with Crippen molar-refractivity contribution in [3.05, 3.63) is 24.3 Å². The van der Waals surface area contributed by atoms with Crippen molar-refractivity contribution >= 4 is 115 Å². The van der Waals surface area contributed by atoms with Crippen molar-refractivity contribution in [2.24, 2.45) is 5.41 Å². The monoisotopic (exact) mass is 980 g/mol. The van der Waals surface area contributed by atoms with Gasteiger partial charge in [0.15, 0.2) is 0 Å². The third kappa shape index (κ3) is 21.1. The van der Waals surface area contributed by atoms with E-state index in [1.165, 1.54) is 13.8 Å². The van der Waals surface area contributed by atoms with Crippen molar-refractivity contribution in [3.8, 4) is 0 Å². The van der Waals surface area contributed by atoms with Crippen LogP contribution in [0.4, 0.5) is 0 Å². The zero-order valence-electron chi connectivity index (χ0n) is 25.4. The third-order valence-corrected chi connectivity index (χ3v) is 11.3. The number of phosphoric ester groups is 2. The van der Waals surface area contributed by atoms with E-state index in [1.807, 2.05) is 0 Å². The first-order valence-corrected chi connectivity index (χ1v) is 21.1. The van der Waals surface area contributed by atoms with Crippen LogP contribution in [0.2, 0.25) is 0 Å². The van der Waals surface area contributed by atoms with Crippen LogP contribution < -0.4 is 0 Å². The molecule has 0 bridgehead atoms. The fourth-order valence-corrected chi connectivity index (χ4v) is 7.96. The lowest BCUT2D eigenvalue weighted by atomic mass is 9.97. The molecule has 12 nitrogen and oxygen atoms in total. The standard InChI is InChI=1S/C25H40Br4Cl2O12P2/c1-17(2)23(32)36-9-21(28)11-40-44(34,38-7-19(5)30)42-15-25(13-26,14-27)16-43-45(35,39-8-20(6)31)41-12-22(29)10-37-24(33)18(3)4/h19-22H,1,3,7-16H2,2,4-6H3. The summed E-state index contributed by atoms with van der Waals surface area (Å²) in [5, 5.41) is -0.624. The summed E-state index contributed by atoms with van der Waals surface area (Å²) in [5.41, 5.74) is -0.555. The lowest BCUT2D eigenvalue weighted by molar-refractivity contribution is -0.139. The van der Waals surface area contributed by atoms with Crippen LogP contribution in [0, 0.1) is 5.41 Å². The number of halogens is 6. The summed E-state index contributed by atoms with van der Waals surface area (Å²) >= 11 is 25.4. The smallest absolute Gasteiger partial charge is 0.461 e. The Morgan fingerprint density at radius 2 is 0.978 bits per heavy atom. The van der Waals surface area contributed by atoms with E-state index in [9.17, 15) is 18.7 Å². The van der Waals surface area contributed by atoms with Gasteiger partial charge in [0.25, 0.3) is 0 Å². The minimum atomic E-state index is -4.23. The van der Waals surface area contributed by atoms with E-state index in [-0.39, 0.29) is 74.7 Å². The molecule has 0 aromatic carbocycles. The second-order valence-corrected chi connectivity index (χ2v) is 18.4. The van der Waals surface area contributed by atoms with Gasteiger partial charge in [-0.25, -0.2) is 18.7 Å². The summed E-state index contributed by atoms with van der Waals surface area (Å²) in [7, 11) is -8.46. The van der Waals surface area contributed by atoms with Crippen LogP contribution in [0.15, 0.2) is 24.3 Å². The van der Waals surface area contributed by atoms with Gasteiger partial charge in [0, 0.05) is 27.2 Å². The lowest BCUT2D eigenvalue weighted by Gasteiger charge is -2.32. The van der Waals surface area contributed by atoms with Gasteiger partial charge in [-0.3, -0.25) is 27.1 Å². The second-order valence-electron chi connectivity index (χ2n) is 9.91. The summed E-state index contributed by atoms with van der Waals surface area (Å²) in [6.45, 7) is 11.8. The lowest BCUT2D eigenvalue weighted by Crippen LogP contribution is -2.36. The Bertz CT molecular complexity index is 974. The van der Waals surface area contributed by atoms with Gasteiger partial charge in [-0.15, -0.1) is 23.2 Å². The maximum atomic E-state index is 13.5. The quantitative estimate of drug-likeness (QED) is 0.0358.